The van der Waals surface area contributed by atoms with Crippen LogP contribution in [0.15, 0.2) is 24.3 Å². The van der Waals surface area contributed by atoms with Crippen molar-refractivity contribution in [3.63, 3.8) is 0 Å². The van der Waals surface area contributed by atoms with Crippen LogP contribution in [0.3, 0.4) is 0 Å². The number of anilines is 1. The summed E-state index contributed by atoms with van der Waals surface area (Å²) >= 11 is 0. The third-order valence-electron chi connectivity index (χ3n) is 4.10. The predicted octanol–water partition coefficient (Wildman–Crippen LogP) is 1.89. The van der Waals surface area contributed by atoms with Crippen LogP contribution in [0.4, 0.5) is 5.69 Å². The molecule has 1 aromatic rings. The molecule has 1 aliphatic rings. The molecule has 2 rings (SSSR count). The average molecular weight is 289 g/mol. The van der Waals surface area contributed by atoms with Crippen LogP contribution in [-0.2, 0) is 4.79 Å². The number of nitrogens with two attached hydrogens (primary N) is 1. The van der Waals surface area contributed by atoms with Gasteiger partial charge in [0, 0.05) is 23.8 Å². The molecule has 1 saturated carbocycles. The van der Waals surface area contributed by atoms with E-state index in [2.05, 4.69) is 10.6 Å². The largest absolute Gasteiger partial charge is 0.349 e. The van der Waals surface area contributed by atoms with Crippen molar-refractivity contribution in [2.24, 2.45) is 11.1 Å². The van der Waals surface area contributed by atoms with Crippen molar-refractivity contribution in [1.82, 2.24) is 5.32 Å². The maximum atomic E-state index is 12.2. The fraction of sp³-hybridized carbons (Fsp3) is 0.500. The van der Waals surface area contributed by atoms with Gasteiger partial charge in [-0.3, -0.25) is 9.59 Å². The molecule has 0 bridgehead atoms. The Bertz CT molecular complexity index is 517. The maximum Gasteiger partial charge on any atom is 0.251 e. The molecular weight excluding hydrogens is 266 g/mol. The lowest BCUT2D eigenvalue weighted by atomic mass is 9.86. The number of hydrogen-bond donors (Lipinski definition) is 3. The minimum absolute atomic E-state index is 0.0595. The normalized spacial score (nSPS) is 16.9. The van der Waals surface area contributed by atoms with Gasteiger partial charge in [0.05, 0.1) is 5.41 Å². The van der Waals surface area contributed by atoms with Crippen LogP contribution in [0, 0.1) is 5.41 Å². The standard InChI is InChI=1S/C16H23N3O2/c1-3-16(2,10-17)15(21)19-13-6-4-11(5-7-13)14(20)18-12-8-9-12/h4-7,12H,3,8-10,17H2,1-2H3,(H,18,20)(H,19,21). The van der Waals surface area contributed by atoms with E-state index < -0.39 is 5.41 Å². The molecule has 0 saturated heterocycles. The summed E-state index contributed by atoms with van der Waals surface area (Å²) in [7, 11) is 0. The Labute approximate surface area is 125 Å². The van der Waals surface area contributed by atoms with Gasteiger partial charge in [-0.2, -0.15) is 0 Å². The van der Waals surface area contributed by atoms with Gasteiger partial charge in [0.25, 0.3) is 5.91 Å². The Balaban J connectivity index is 1.98. The smallest absolute Gasteiger partial charge is 0.251 e. The molecule has 0 spiro atoms. The Morgan fingerprint density at radius 1 is 1.29 bits per heavy atom. The number of nitrogens with one attached hydrogen (secondary N) is 2. The van der Waals surface area contributed by atoms with Crippen molar-refractivity contribution in [2.45, 2.75) is 39.2 Å². The van der Waals surface area contributed by atoms with Gasteiger partial charge < -0.3 is 16.4 Å². The van der Waals surface area contributed by atoms with E-state index >= 15 is 0 Å². The van der Waals surface area contributed by atoms with Crippen LogP contribution in [0.2, 0.25) is 0 Å². The highest BCUT2D eigenvalue weighted by atomic mass is 16.2. The first-order chi connectivity index (χ1) is 9.98. The molecule has 21 heavy (non-hydrogen) atoms. The lowest BCUT2D eigenvalue weighted by molar-refractivity contribution is -0.124. The first-order valence-electron chi connectivity index (χ1n) is 7.41. The summed E-state index contributed by atoms with van der Waals surface area (Å²) in [5, 5.41) is 5.78. The molecule has 1 fully saturated rings. The number of hydrogen-bond acceptors (Lipinski definition) is 3. The van der Waals surface area contributed by atoms with Crippen molar-refractivity contribution < 1.29 is 9.59 Å². The lowest BCUT2D eigenvalue weighted by Gasteiger charge is -2.24. The van der Waals surface area contributed by atoms with Crippen LogP contribution >= 0.6 is 0 Å². The molecule has 4 N–H and O–H groups in total. The van der Waals surface area contributed by atoms with Crippen LogP contribution in [0.25, 0.3) is 0 Å². The Morgan fingerprint density at radius 2 is 1.90 bits per heavy atom. The molecular formula is C16H23N3O2. The Kier molecular flexibility index (Phi) is 4.63. The highest BCUT2D eigenvalue weighted by molar-refractivity contribution is 5.97. The number of rotatable bonds is 6. The van der Waals surface area contributed by atoms with E-state index in [9.17, 15) is 9.59 Å². The SMILES string of the molecule is CCC(C)(CN)C(=O)Nc1ccc(C(=O)NC2CC2)cc1. The van der Waals surface area contributed by atoms with E-state index in [-0.39, 0.29) is 11.8 Å². The first kappa shape index (κ1) is 15.5. The fourth-order valence-corrected chi connectivity index (χ4v) is 1.88. The van der Waals surface area contributed by atoms with Crippen molar-refractivity contribution in [1.29, 1.82) is 0 Å². The third kappa shape index (κ3) is 3.82. The van der Waals surface area contributed by atoms with Gasteiger partial charge in [0.1, 0.15) is 0 Å². The summed E-state index contributed by atoms with van der Waals surface area (Å²) in [4.78, 5) is 24.1. The number of amides is 2. The molecule has 5 heteroatoms. The Hall–Kier alpha value is -1.88. The van der Waals surface area contributed by atoms with Crippen molar-refractivity contribution in [3.05, 3.63) is 29.8 Å². The van der Waals surface area contributed by atoms with E-state index in [1.54, 1.807) is 24.3 Å². The molecule has 0 aromatic heterocycles. The third-order valence-corrected chi connectivity index (χ3v) is 4.10. The summed E-state index contributed by atoms with van der Waals surface area (Å²) in [6.45, 7) is 4.09. The number of carbonyl (C=O) groups is 2. The number of benzene rings is 1. The summed E-state index contributed by atoms with van der Waals surface area (Å²) in [6, 6.07) is 7.27. The van der Waals surface area contributed by atoms with Gasteiger partial charge in [0.15, 0.2) is 0 Å². The van der Waals surface area contributed by atoms with Crippen LogP contribution in [0.1, 0.15) is 43.5 Å². The zero-order valence-corrected chi connectivity index (χ0v) is 12.6. The lowest BCUT2D eigenvalue weighted by Crippen LogP contribution is -2.39. The van der Waals surface area contributed by atoms with Gasteiger partial charge >= 0.3 is 0 Å². The second-order valence-electron chi connectivity index (χ2n) is 5.90. The van der Waals surface area contributed by atoms with Gasteiger partial charge in [-0.05, 0) is 50.5 Å². The molecule has 0 aliphatic heterocycles. The van der Waals surface area contributed by atoms with E-state index in [0.29, 0.717) is 30.3 Å². The highest BCUT2D eigenvalue weighted by Crippen LogP contribution is 2.22. The zero-order valence-electron chi connectivity index (χ0n) is 12.6. The minimum atomic E-state index is -0.567. The second kappa shape index (κ2) is 6.26. The van der Waals surface area contributed by atoms with Gasteiger partial charge in [-0.25, -0.2) is 0 Å². The molecule has 114 valence electrons. The molecule has 1 aromatic carbocycles. The van der Waals surface area contributed by atoms with Gasteiger partial charge in [-0.1, -0.05) is 6.92 Å². The summed E-state index contributed by atoms with van der Waals surface area (Å²) in [6.07, 6.45) is 2.81. The van der Waals surface area contributed by atoms with Crippen molar-refractivity contribution >= 4 is 17.5 Å². The Morgan fingerprint density at radius 3 is 2.38 bits per heavy atom. The minimum Gasteiger partial charge on any atom is -0.349 e. The second-order valence-corrected chi connectivity index (χ2v) is 5.90. The predicted molar refractivity (Wildman–Crippen MR) is 83.0 cm³/mol. The quantitative estimate of drug-likeness (QED) is 0.747. The molecule has 0 heterocycles. The first-order valence-corrected chi connectivity index (χ1v) is 7.41. The maximum absolute atomic E-state index is 12.2. The van der Waals surface area contributed by atoms with Crippen LogP contribution < -0.4 is 16.4 Å². The van der Waals surface area contributed by atoms with E-state index in [0.717, 1.165) is 12.8 Å². The average Bonchev–Trinajstić information content (AvgIpc) is 3.30. The molecule has 1 atom stereocenters. The molecule has 1 aliphatic carbocycles. The summed E-state index contributed by atoms with van der Waals surface area (Å²) in [5.41, 5.74) is 6.39. The van der Waals surface area contributed by atoms with Crippen LogP contribution in [-0.4, -0.2) is 24.4 Å². The van der Waals surface area contributed by atoms with Crippen molar-refractivity contribution in [2.75, 3.05) is 11.9 Å². The van der Waals surface area contributed by atoms with Gasteiger partial charge in [-0.15, -0.1) is 0 Å². The topological polar surface area (TPSA) is 84.2 Å². The van der Waals surface area contributed by atoms with E-state index in [4.69, 9.17) is 5.73 Å². The molecule has 2 amide bonds. The monoisotopic (exact) mass is 289 g/mol. The molecule has 5 nitrogen and oxygen atoms in total. The van der Waals surface area contributed by atoms with E-state index in [1.165, 1.54) is 0 Å². The summed E-state index contributed by atoms with van der Waals surface area (Å²) < 4.78 is 0. The molecule has 1 unspecified atom stereocenters. The highest BCUT2D eigenvalue weighted by Gasteiger charge is 2.29. The van der Waals surface area contributed by atoms with E-state index in [1.807, 2.05) is 13.8 Å². The number of carbonyl (C=O) groups excluding carboxylic acids is 2. The molecule has 0 radical (unpaired) electrons. The van der Waals surface area contributed by atoms with Gasteiger partial charge in [0.2, 0.25) is 5.91 Å². The zero-order chi connectivity index (χ0) is 15.5. The fourth-order valence-electron chi connectivity index (χ4n) is 1.88. The van der Waals surface area contributed by atoms with Crippen molar-refractivity contribution in [3.8, 4) is 0 Å². The summed E-state index contributed by atoms with van der Waals surface area (Å²) in [5.74, 6) is -0.154. The van der Waals surface area contributed by atoms with Crippen LogP contribution in [0.5, 0.6) is 0 Å².